The molecule has 372 valence electrons. The summed E-state index contributed by atoms with van der Waals surface area (Å²) in [5.41, 5.74) is -0.0204. The molecule has 8 aliphatic rings. The van der Waals surface area contributed by atoms with Gasteiger partial charge in [0.1, 0.15) is 67.1 Å². The highest BCUT2D eigenvalue weighted by atomic mass is 16.8. The Morgan fingerprint density at radius 1 is 0.677 bits per heavy atom. The summed E-state index contributed by atoms with van der Waals surface area (Å²) in [6.07, 6.45) is -13.7. The van der Waals surface area contributed by atoms with E-state index in [0.717, 1.165) is 51.4 Å². The largest absolute Gasteiger partial charge is 0.432 e. The normalized spacial score (nSPS) is 53.9. The molecule has 7 fully saturated rings. The lowest BCUT2D eigenvalue weighted by Crippen LogP contribution is -2.65. The fraction of sp³-hybridized carbons (Fsp3) is 0.938. The number of rotatable bonds is 8. The molecular weight excluding hydrogens is 849 g/mol. The molecule has 0 unspecified atom stereocenters. The number of aliphatic hydroxyl groups is 10. The average molecular weight is 927 g/mol. The van der Waals surface area contributed by atoms with Gasteiger partial charge in [-0.3, -0.25) is 4.79 Å². The molecule has 3 saturated heterocycles. The molecule has 23 atom stereocenters. The highest BCUT2D eigenvalue weighted by molar-refractivity contribution is 5.79. The number of hydrogen-bond donors (Lipinski definition) is 10. The summed E-state index contributed by atoms with van der Waals surface area (Å²) in [5, 5.41) is 108. The zero-order valence-electron chi connectivity index (χ0n) is 39.4. The van der Waals surface area contributed by atoms with Crippen molar-refractivity contribution in [2.75, 3.05) is 13.2 Å². The van der Waals surface area contributed by atoms with E-state index < -0.39 is 117 Å². The fourth-order valence-corrected chi connectivity index (χ4v) is 14.8. The van der Waals surface area contributed by atoms with Crippen LogP contribution >= 0.6 is 0 Å². The van der Waals surface area contributed by atoms with Crippen LogP contribution in [0.2, 0.25) is 0 Å². The number of esters is 1. The average Bonchev–Trinajstić information content (AvgIpc) is 3.25. The molecule has 17 nitrogen and oxygen atoms in total. The molecule has 3 aliphatic heterocycles. The van der Waals surface area contributed by atoms with Gasteiger partial charge in [0.2, 0.25) is 6.29 Å². The predicted molar refractivity (Wildman–Crippen MR) is 229 cm³/mol. The minimum atomic E-state index is -1.84. The third kappa shape index (κ3) is 7.90. The summed E-state index contributed by atoms with van der Waals surface area (Å²) in [6.45, 7) is 16.4. The topological polar surface area (TPSA) is 275 Å². The van der Waals surface area contributed by atoms with Crippen molar-refractivity contribution in [1.82, 2.24) is 0 Å². The van der Waals surface area contributed by atoms with Gasteiger partial charge >= 0.3 is 5.97 Å². The first-order chi connectivity index (χ1) is 30.3. The van der Waals surface area contributed by atoms with E-state index in [4.69, 9.17) is 28.4 Å². The Hall–Kier alpha value is -1.39. The van der Waals surface area contributed by atoms with Crippen LogP contribution in [0.5, 0.6) is 0 Å². The number of carbonyl (C=O) groups excluding carboxylic acids is 1. The molecule has 0 spiro atoms. The maximum Gasteiger partial charge on any atom is 0.315 e. The summed E-state index contributed by atoms with van der Waals surface area (Å²) in [6, 6.07) is 0. The number of ether oxygens (including phenoxy) is 6. The van der Waals surface area contributed by atoms with Crippen molar-refractivity contribution in [2.45, 2.75) is 218 Å². The Balaban J connectivity index is 0.973. The van der Waals surface area contributed by atoms with Crippen molar-refractivity contribution in [2.24, 2.45) is 50.2 Å². The summed E-state index contributed by atoms with van der Waals surface area (Å²) in [7, 11) is 0. The van der Waals surface area contributed by atoms with Gasteiger partial charge in [-0.1, -0.05) is 60.1 Å². The summed E-state index contributed by atoms with van der Waals surface area (Å²) in [5.74, 6) is 0.139. The summed E-state index contributed by atoms with van der Waals surface area (Å²) < 4.78 is 34.8. The monoisotopic (exact) mass is 927 g/mol. The van der Waals surface area contributed by atoms with E-state index in [-0.39, 0.29) is 39.1 Å². The smallest absolute Gasteiger partial charge is 0.315 e. The molecule has 0 radical (unpaired) electrons. The van der Waals surface area contributed by atoms with Gasteiger partial charge in [0.15, 0.2) is 12.6 Å². The number of fused-ring (bicyclic) bond motifs is 7. The summed E-state index contributed by atoms with van der Waals surface area (Å²) >= 11 is 0. The second-order valence-electron chi connectivity index (χ2n) is 23.5. The molecule has 5 aliphatic carbocycles. The lowest BCUT2D eigenvalue weighted by atomic mass is 9.33. The summed E-state index contributed by atoms with van der Waals surface area (Å²) in [4.78, 5) is 14.9. The van der Waals surface area contributed by atoms with Crippen molar-refractivity contribution in [3.63, 3.8) is 0 Å². The molecule has 3 heterocycles. The van der Waals surface area contributed by atoms with Gasteiger partial charge < -0.3 is 79.5 Å². The molecule has 65 heavy (non-hydrogen) atoms. The molecule has 0 amide bonds. The lowest BCUT2D eigenvalue weighted by molar-refractivity contribution is -0.361. The molecular formula is C48H78O17. The van der Waals surface area contributed by atoms with Crippen molar-refractivity contribution >= 4 is 5.97 Å². The minimum Gasteiger partial charge on any atom is -0.432 e. The second kappa shape index (κ2) is 17.5. The molecule has 0 bridgehead atoms. The van der Waals surface area contributed by atoms with Gasteiger partial charge in [-0.15, -0.1) is 0 Å². The number of allylic oxidation sites excluding steroid dienone is 2. The molecule has 4 saturated carbocycles. The van der Waals surface area contributed by atoms with E-state index in [1.54, 1.807) is 0 Å². The first-order valence-electron chi connectivity index (χ1n) is 24.2. The van der Waals surface area contributed by atoms with Crippen molar-refractivity contribution in [3.8, 4) is 0 Å². The molecule has 17 heteroatoms. The van der Waals surface area contributed by atoms with Gasteiger partial charge in [-0.05, 0) is 116 Å². The van der Waals surface area contributed by atoms with E-state index in [1.807, 2.05) is 0 Å². The van der Waals surface area contributed by atoms with Crippen LogP contribution < -0.4 is 0 Å². The first-order valence-corrected chi connectivity index (χ1v) is 24.2. The van der Waals surface area contributed by atoms with Crippen LogP contribution in [0.25, 0.3) is 0 Å². The quantitative estimate of drug-likeness (QED) is 0.121. The molecule has 0 aromatic rings. The Morgan fingerprint density at radius 3 is 2.00 bits per heavy atom. The van der Waals surface area contributed by atoms with Crippen LogP contribution in [0.4, 0.5) is 0 Å². The van der Waals surface area contributed by atoms with Gasteiger partial charge in [0.25, 0.3) is 0 Å². The van der Waals surface area contributed by atoms with Gasteiger partial charge in [0, 0.05) is 0 Å². The van der Waals surface area contributed by atoms with E-state index in [2.05, 4.69) is 54.5 Å². The van der Waals surface area contributed by atoms with Crippen molar-refractivity contribution < 1.29 is 84.3 Å². The predicted octanol–water partition coefficient (Wildman–Crippen LogP) is 1.17. The first kappa shape index (κ1) is 50.0. The Labute approximate surface area is 382 Å². The van der Waals surface area contributed by atoms with Crippen LogP contribution in [0.1, 0.15) is 120 Å². The maximum absolute atomic E-state index is 14.9. The Morgan fingerprint density at radius 2 is 1.31 bits per heavy atom. The van der Waals surface area contributed by atoms with Gasteiger partial charge in [-0.2, -0.15) is 0 Å². The lowest BCUT2D eigenvalue weighted by Gasteiger charge is -2.71. The number of aliphatic hydroxyl groups excluding tert-OH is 10. The van der Waals surface area contributed by atoms with Crippen LogP contribution in [0, 0.1) is 50.2 Å². The molecule has 10 N–H and O–H groups in total. The SMILES string of the molecule is C[C@@H]1O[C@@H](O[C@H]2[C@H](O)[C@@H](O)[C@H](OC[C@H]3O[C@@H](OC(=O)[C@]45CCC(C)(C)C[C@H]4C4=CC[C@@H]6[C@@]7(C)CC[C@@H](O)C(C)(C)[C@@H]7CC[C@@]6(C)[C@]4(C)CC5)[C@H](O)[C@@H](O)[C@@H]3O)O[C@@H]2CO)[C@H](O)[C@H](O)[C@H]1O. The van der Waals surface area contributed by atoms with E-state index in [0.29, 0.717) is 24.7 Å². The highest BCUT2D eigenvalue weighted by Crippen LogP contribution is 2.76. The molecule has 0 aromatic heterocycles. The van der Waals surface area contributed by atoms with Gasteiger partial charge in [0.05, 0.1) is 30.8 Å². The minimum absolute atomic E-state index is 0.0373. The zero-order valence-corrected chi connectivity index (χ0v) is 39.4. The molecule has 0 aromatic carbocycles. The standard InChI is InChI=1S/C48H78O17/c1-22-30(51)32(53)35(56)40(61-22)64-38-25(20-49)62-39(37(58)34(38)55)60-21-26-31(52)33(54)36(57)41(63-26)65-42(59)48-17-15-43(2,3)19-24(48)23-9-10-28-45(6)13-12-29(50)44(4,5)27(45)11-14-47(28,8)46(23,7)16-18-48/h9,22,24-41,49-58H,10-21H2,1-8H3/t22-,24-,25+,26+,27-,28+,29+,30-,31+,32+,33-,34+,35+,36+,37+,38+,39+,40-,41-,45-,46+,47+,48-/m0/s1. The van der Waals surface area contributed by atoms with Gasteiger partial charge in [-0.25, -0.2) is 0 Å². The van der Waals surface area contributed by atoms with E-state index in [9.17, 15) is 55.9 Å². The van der Waals surface area contributed by atoms with E-state index >= 15 is 0 Å². The third-order valence-electron chi connectivity index (χ3n) is 19.3. The van der Waals surface area contributed by atoms with Crippen LogP contribution in [-0.4, -0.2) is 168 Å². The highest BCUT2D eigenvalue weighted by Gasteiger charge is 2.70. The maximum atomic E-state index is 14.9. The molecule has 8 rings (SSSR count). The number of carbonyl (C=O) groups is 1. The van der Waals surface area contributed by atoms with Crippen LogP contribution in [0.15, 0.2) is 11.6 Å². The van der Waals surface area contributed by atoms with Crippen LogP contribution in [0.3, 0.4) is 0 Å². The number of hydrogen-bond acceptors (Lipinski definition) is 17. The third-order valence-corrected chi connectivity index (χ3v) is 19.3. The van der Waals surface area contributed by atoms with Crippen LogP contribution in [-0.2, 0) is 33.2 Å². The zero-order chi connectivity index (χ0) is 47.6. The Bertz CT molecular complexity index is 1780. The fourth-order valence-electron chi connectivity index (χ4n) is 14.8. The van der Waals surface area contributed by atoms with Crippen molar-refractivity contribution in [1.29, 1.82) is 0 Å². The van der Waals surface area contributed by atoms with E-state index in [1.165, 1.54) is 12.5 Å². The second-order valence-corrected chi connectivity index (χ2v) is 23.5. The Kier molecular flexibility index (Phi) is 13.4. The van der Waals surface area contributed by atoms with Crippen molar-refractivity contribution in [3.05, 3.63) is 11.6 Å².